The first-order valence-electron chi connectivity index (χ1n) is 8.97. The molecule has 0 unspecified atom stereocenters. The number of carbonyl (C=O) groups is 1. The van der Waals surface area contributed by atoms with Crippen LogP contribution in [-0.4, -0.2) is 34.4 Å². The van der Waals surface area contributed by atoms with E-state index in [1.807, 2.05) is 0 Å². The third-order valence-corrected chi connectivity index (χ3v) is 5.83. The normalized spacial score (nSPS) is 17.1. The lowest BCUT2D eigenvalue weighted by molar-refractivity contribution is 0.0701. The summed E-state index contributed by atoms with van der Waals surface area (Å²) in [5, 5.41) is 0.676. The van der Waals surface area contributed by atoms with E-state index in [0.717, 1.165) is 15.6 Å². The first-order valence-corrected chi connectivity index (χ1v) is 9.77. The molecule has 0 spiro atoms. The summed E-state index contributed by atoms with van der Waals surface area (Å²) in [5.41, 5.74) is 8.63. The largest absolute Gasteiger partial charge is 0.489 e. The van der Waals surface area contributed by atoms with Crippen molar-refractivity contribution in [3.8, 4) is 5.75 Å². The minimum Gasteiger partial charge on any atom is -0.489 e. The summed E-state index contributed by atoms with van der Waals surface area (Å²) in [7, 11) is 1.62. The molecule has 1 aromatic carbocycles. The lowest BCUT2D eigenvalue weighted by atomic mass is 10.0. The van der Waals surface area contributed by atoms with Crippen molar-refractivity contribution in [3.63, 3.8) is 0 Å². The fourth-order valence-electron chi connectivity index (χ4n) is 3.83. The molecular formula is C20H16BrFN4O3. The van der Waals surface area contributed by atoms with Crippen LogP contribution in [0.3, 0.4) is 0 Å². The third-order valence-electron chi connectivity index (χ3n) is 5.40. The fraction of sp³-hybridized carbons (Fsp3) is 0.250. The summed E-state index contributed by atoms with van der Waals surface area (Å²) in [6.45, 7) is 0.982. The smallest absolute Gasteiger partial charge is 0.257 e. The quantitative estimate of drug-likeness (QED) is 0.632. The SMILES string of the molecule is CN(C(=O)c1cc2c3c(c(N)nc2cc1F)COC3)[C@H]1COc2cc(Br)cnc21. The minimum absolute atomic E-state index is 0.0359. The van der Waals surface area contributed by atoms with E-state index in [2.05, 4.69) is 25.9 Å². The minimum atomic E-state index is -0.650. The molecular weight excluding hydrogens is 443 g/mol. The number of nitrogen functional groups attached to an aromatic ring is 1. The maximum Gasteiger partial charge on any atom is 0.257 e. The topological polar surface area (TPSA) is 90.6 Å². The van der Waals surface area contributed by atoms with Gasteiger partial charge in [-0.2, -0.15) is 0 Å². The zero-order valence-corrected chi connectivity index (χ0v) is 17.0. The summed E-state index contributed by atoms with van der Waals surface area (Å²) in [6, 6.07) is 4.19. The molecule has 0 saturated carbocycles. The van der Waals surface area contributed by atoms with Gasteiger partial charge in [-0.25, -0.2) is 9.37 Å². The highest BCUT2D eigenvalue weighted by Gasteiger charge is 2.33. The van der Waals surface area contributed by atoms with E-state index in [9.17, 15) is 9.18 Å². The summed E-state index contributed by atoms with van der Waals surface area (Å²) in [6.07, 6.45) is 1.65. The van der Waals surface area contributed by atoms with Crippen LogP contribution in [0.1, 0.15) is 33.2 Å². The van der Waals surface area contributed by atoms with Crippen molar-refractivity contribution < 1.29 is 18.7 Å². The van der Waals surface area contributed by atoms with E-state index < -0.39 is 17.8 Å². The number of rotatable bonds is 2. The summed E-state index contributed by atoms with van der Waals surface area (Å²) >= 11 is 3.35. The molecule has 0 saturated heterocycles. The number of benzene rings is 1. The van der Waals surface area contributed by atoms with E-state index >= 15 is 0 Å². The van der Waals surface area contributed by atoms with Gasteiger partial charge in [0.25, 0.3) is 5.91 Å². The number of likely N-dealkylation sites (N-methyl/N-ethyl adjacent to an activating group) is 1. The number of fused-ring (bicyclic) bond motifs is 4. The van der Waals surface area contributed by atoms with E-state index in [1.54, 1.807) is 19.3 Å². The second-order valence-electron chi connectivity index (χ2n) is 7.08. The summed E-state index contributed by atoms with van der Waals surface area (Å²) in [5.74, 6) is -0.168. The van der Waals surface area contributed by atoms with Crippen molar-refractivity contribution >= 4 is 38.6 Å². The van der Waals surface area contributed by atoms with Gasteiger partial charge in [0.05, 0.1) is 24.3 Å². The first-order chi connectivity index (χ1) is 13.9. The van der Waals surface area contributed by atoms with Gasteiger partial charge in [-0.1, -0.05) is 0 Å². The molecule has 1 amide bonds. The number of anilines is 1. The Balaban J connectivity index is 1.55. The Bertz CT molecular complexity index is 1190. The zero-order valence-electron chi connectivity index (χ0n) is 15.4. The van der Waals surface area contributed by atoms with Crippen LogP contribution in [0.4, 0.5) is 10.2 Å². The number of halogens is 2. The van der Waals surface area contributed by atoms with E-state index in [4.69, 9.17) is 15.2 Å². The maximum atomic E-state index is 14.8. The number of aromatic nitrogens is 2. The molecule has 1 atom stereocenters. The van der Waals surface area contributed by atoms with Gasteiger partial charge in [0.2, 0.25) is 0 Å². The molecule has 148 valence electrons. The highest BCUT2D eigenvalue weighted by molar-refractivity contribution is 9.10. The maximum absolute atomic E-state index is 14.8. The van der Waals surface area contributed by atoms with E-state index in [0.29, 0.717) is 41.4 Å². The Hall–Kier alpha value is -2.78. The van der Waals surface area contributed by atoms with Crippen molar-refractivity contribution in [3.05, 3.63) is 57.1 Å². The Morgan fingerprint density at radius 3 is 2.93 bits per heavy atom. The van der Waals surface area contributed by atoms with Crippen molar-refractivity contribution in [1.29, 1.82) is 0 Å². The van der Waals surface area contributed by atoms with Gasteiger partial charge in [0.15, 0.2) is 0 Å². The van der Waals surface area contributed by atoms with Gasteiger partial charge in [-0.15, -0.1) is 0 Å². The first kappa shape index (κ1) is 18.3. The van der Waals surface area contributed by atoms with Gasteiger partial charge in [0, 0.05) is 34.7 Å². The van der Waals surface area contributed by atoms with Gasteiger partial charge in [-0.05, 0) is 33.6 Å². The molecule has 0 radical (unpaired) electrons. The lowest BCUT2D eigenvalue weighted by Gasteiger charge is -2.23. The van der Waals surface area contributed by atoms with Crippen LogP contribution in [0.25, 0.3) is 10.9 Å². The molecule has 9 heteroatoms. The number of carbonyl (C=O) groups excluding carboxylic acids is 1. The Kier molecular flexibility index (Phi) is 4.18. The number of amides is 1. The fourth-order valence-corrected chi connectivity index (χ4v) is 4.14. The van der Waals surface area contributed by atoms with Gasteiger partial charge < -0.3 is 20.1 Å². The molecule has 4 heterocycles. The molecule has 2 aliphatic rings. The monoisotopic (exact) mass is 458 g/mol. The van der Waals surface area contributed by atoms with E-state index in [1.165, 1.54) is 17.0 Å². The van der Waals surface area contributed by atoms with Crippen molar-refractivity contribution in [2.45, 2.75) is 19.3 Å². The van der Waals surface area contributed by atoms with Gasteiger partial charge >= 0.3 is 0 Å². The zero-order chi connectivity index (χ0) is 20.3. The van der Waals surface area contributed by atoms with Crippen LogP contribution in [0.15, 0.2) is 28.9 Å². The molecule has 2 aliphatic heterocycles. The predicted octanol–water partition coefficient (Wildman–Crippen LogP) is 3.35. The van der Waals surface area contributed by atoms with E-state index in [-0.39, 0.29) is 12.2 Å². The number of hydrogen-bond donors (Lipinski definition) is 1. The Morgan fingerprint density at radius 1 is 1.31 bits per heavy atom. The highest BCUT2D eigenvalue weighted by atomic mass is 79.9. The standard InChI is InChI=1S/C20H16BrFN4O3/c1-26(16-8-29-17-2-9(21)5-24-18(16)17)20(27)11-3-10-12-6-28-7-13(12)19(23)25-15(10)4-14(11)22/h2-5,16H,6-8H2,1H3,(H2,23,25)/t16-/m0/s1. The average Bonchev–Trinajstić information content (AvgIpc) is 3.34. The summed E-state index contributed by atoms with van der Waals surface area (Å²) < 4.78 is 26.8. The van der Waals surface area contributed by atoms with Crippen LogP contribution in [-0.2, 0) is 18.0 Å². The number of ether oxygens (including phenoxy) is 2. The van der Waals surface area contributed by atoms with Crippen LogP contribution in [0, 0.1) is 5.82 Å². The second-order valence-corrected chi connectivity index (χ2v) is 7.99. The number of pyridine rings is 2. The number of nitrogens with two attached hydrogens (primary N) is 1. The highest BCUT2D eigenvalue weighted by Crippen LogP contribution is 2.37. The lowest BCUT2D eigenvalue weighted by Crippen LogP contribution is -2.33. The summed E-state index contributed by atoms with van der Waals surface area (Å²) in [4.78, 5) is 23.2. The van der Waals surface area contributed by atoms with Crippen LogP contribution < -0.4 is 10.5 Å². The third kappa shape index (κ3) is 2.84. The predicted molar refractivity (Wildman–Crippen MR) is 107 cm³/mol. The van der Waals surface area contributed by atoms with Crippen molar-refractivity contribution in [2.75, 3.05) is 19.4 Å². The number of hydrogen-bond acceptors (Lipinski definition) is 6. The molecule has 5 rings (SSSR count). The van der Waals surface area contributed by atoms with Gasteiger partial charge in [0.1, 0.15) is 35.7 Å². The number of nitrogens with zero attached hydrogens (tertiary/aromatic N) is 3. The van der Waals surface area contributed by atoms with Crippen LogP contribution in [0.5, 0.6) is 5.75 Å². The van der Waals surface area contributed by atoms with Gasteiger partial charge in [-0.3, -0.25) is 9.78 Å². The average molecular weight is 459 g/mol. The molecule has 3 aromatic rings. The molecule has 0 fully saturated rings. The molecule has 7 nitrogen and oxygen atoms in total. The molecule has 2 aromatic heterocycles. The van der Waals surface area contributed by atoms with Crippen LogP contribution in [0.2, 0.25) is 0 Å². The van der Waals surface area contributed by atoms with Crippen molar-refractivity contribution in [2.24, 2.45) is 0 Å². The molecule has 2 N–H and O–H groups in total. The second kappa shape index (κ2) is 6.64. The van der Waals surface area contributed by atoms with Crippen molar-refractivity contribution in [1.82, 2.24) is 14.9 Å². The molecule has 0 aliphatic carbocycles. The van der Waals surface area contributed by atoms with Crippen LogP contribution >= 0.6 is 15.9 Å². The molecule has 0 bridgehead atoms. The Morgan fingerprint density at radius 2 is 2.10 bits per heavy atom. The Labute approximate surface area is 173 Å². The molecule has 29 heavy (non-hydrogen) atoms.